The van der Waals surface area contributed by atoms with Crippen molar-refractivity contribution in [2.75, 3.05) is 13.2 Å². The summed E-state index contributed by atoms with van der Waals surface area (Å²) >= 11 is 0. The molecule has 0 spiro atoms. The summed E-state index contributed by atoms with van der Waals surface area (Å²) < 4.78 is 25.3. The van der Waals surface area contributed by atoms with Gasteiger partial charge >= 0.3 is 0 Å². The maximum atomic E-state index is 13.5. The van der Waals surface area contributed by atoms with Crippen LogP contribution >= 0.6 is 0 Å². The van der Waals surface area contributed by atoms with Gasteiger partial charge in [0.2, 0.25) is 0 Å². The molecule has 0 saturated heterocycles. The van der Waals surface area contributed by atoms with E-state index in [1.165, 1.54) is 12.1 Å². The highest BCUT2D eigenvalue weighted by Gasteiger charge is 2.29. The summed E-state index contributed by atoms with van der Waals surface area (Å²) in [6, 6.07) is 14.1. The second-order valence-electron chi connectivity index (χ2n) is 5.00. The summed E-state index contributed by atoms with van der Waals surface area (Å²) in [6.45, 7) is 3.22. The molecule has 2 atom stereocenters. The van der Waals surface area contributed by atoms with Gasteiger partial charge in [-0.15, -0.1) is 0 Å². The van der Waals surface area contributed by atoms with E-state index >= 15 is 0 Å². The monoisotopic (exact) mass is 287 g/mol. The van der Waals surface area contributed by atoms with Crippen LogP contribution in [0.4, 0.5) is 4.39 Å². The molecule has 0 bridgehead atoms. The van der Waals surface area contributed by atoms with Crippen LogP contribution in [0, 0.1) is 5.82 Å². The van der Waals surface area contributed by atoms with Crippen molar-refractivity contribution in [3.63, 3.8) is 0 Å². The van der Waals surface area contributed by atoms with Gasteiger partial charge in [0, 0.05) is 0 Å². The second kappa shape index (κ2) is 6.14. The minimum Gasteiger partial charge on any atom is -0.486 e. The average Bonchev–Trinajstić information content (AvgIpc) is 2.52. The number of likely N-dealkylation sites (N-methyl/N-ethyl adjacent to an activating group) is 1. The molecule has 2 aromatic carbocycles. The fraction of sp³-hybridized carbons (Fsp3) is 0.294. The lowest BCUT2D eigenvalue weighted by molar-refractivity contribution is 0.0620. The van der Waals surface area contributed by atoms with E-state index in [1.807, 2.05) is 37.3 Å². The van der Waals surface area contributed by atoms with Gasteiger partial charge in [0.25, 0.3) is 0 Å². The molecule has 110 valence electrons. The van der Waals surface area contributed by atoms with Crippen LogP contribution in [0.25, 0.3) is 0 Å². The maximum absolute atomic E-state index is 13.5. The SMILES string of the molecule is CCNC(c1cccc(F)c1)C1COc2ccccc2O1. The number of ether oxygens (including phenoxy) is 2. The number of hydrogen-bond acceptors (Lipinski definition) is 3. The molecule has 21 heavy (non-hydrogen) atoms. The Bertz CT molecular complexity index is 617. The normalized spacial score (nSPS) is 18.3. The van der Waals surface area contributed by atoms with Gasteiger partial charge in [0.05, 0.1) is 6.04 Å². The fourth-order valence-corrected chi connectivity index (χ4v) is 2.58. The molecular weight excluding hydrogens is 269 g/mol. The van der Waals surface area contributed by atoms with Crippen molar-refractivity contribution < 1.29 is 13.9 Å². The van der Waals surface area contributed by atoms with Gasteiger partial charge in [-0.05, 0) is 36.4 Å². The highest BCUT2D eigenvalue weighted by molar-refractivity contribution is 5.41. The van der Waals surface area contributed by atoms with Gasteiger partial charge in [0.15, 0.2) is 17.6 Å². The van der Waals surface area contributed by atoms with E-state index in [-0.39, 0.29) is 18.0 Å². The Morgan fingerprint density at radius 2 is 2.00 bits per heavy atom. The highest BCUT2D eigenvalue weighted by atomic mass is 19.1. The van der Waals surface area contributed by atoms with Crippen LogP contribution in [0.2, 0.25) is 0 Å². The third-order valence-corrected chi connectivity index (χ3v) is 3.53. The highest BCUT2D eigenvalue weighted by Crippen LogP contribution is 2.34. The van der Waals surface area contributed by atoms with Gasteiger partial charge in [-0.1, -0.05) is 31.2 Å². The van der Waals surface area contributed by atoms with Gasteiger partial charge in [-0.3, -0.25) is 0 Å². The first-order valence-corrected chi connectivity index (χ1v) is 7.15. The number of rotatable bonds is 4. The molecule has 1 N–H and O–H groups in total. The van der Waals surface area contributed by atoms with Crippen LogP contribution in [0.5, 0.6) is 11.5 Å². The molecule has 0 radical (unpaired) electrons. The van der Waals surface area contributed by atoms with E-state index < -0.39 is 0 Å². The van der Waals surface area contributed by atoms with Crippen molar-refractivity contribution in [1.82, 2.24) is 5.32 Å². The molecule has 1 heterocycles. The van der Waals surface area contributed by atoms with Crippen LogP contribution in [0.15, 0.2) is 48.5 Å². The number of hydrogen-bond donors (Lipinski definition) is 1. The third-order valence-electron chi connectivity index (χ3n) is 3.53. The average molecular weight is 287 g/mol. The van der Waals surface area contributed by atoms with Crippen molar-refractivity contribution in [2.45, 2.75) is 19.1 Å². The van der Waals surface area contributed by atoms with Crippen molar-refractivity contribution in [1.29, 1.82) is 0 Å². The van der Waals surface area contributed by atoms with Crippen molar-refractivity contribution in [3.05, 3.63) is 59.9 Å². The zero-order valence-corrected chi connectivity index (χ0v) is 11.9. The first-order chi connectivity index (χ1) is 10.3. The van der Waals surface area contributed by atoms with E-state index in [4.69, 9.17) is 9.47 Å². The summed E-state index contributed by atoms with van der Waals surface area (Å²) in [5, 5.41) is 3.35. The molecule has 3 rings (SSSR count). The van der Waals surface area contributed by atoms with Crippen LogP contribution < -0.4 is 14.8 Å². The van der Waals surface area contributed by atoms with Crippen molar-refractivity contribution >= 4 is 0 Å². The van der Waals surface area contributed by atoms with Crippen molar-refractivity contribution in [2.24, 2.45) is 0 Å². The second-order valence-corrected chi connectivity index (χ2v) is 5.00. The molecule has 4 heteroatoms. The van der Waals surface area contributed by atoms with Gasteiger partial charge in [0.1, 0.15) is 12.4 Å². The van der Waals surface area contributed by atoms with Crippen molar-refractivity contribution in [3.8, 4) is 11.5 Å². The minimum atomic E-state index is -0.243. The molecule has 0 fully saturated rings. The first kappa shape index (κ1) is 13.9. The Morgan fingerprint density at radius 1 is 1.19 bits per heavy atom. The summed E-state index contributed by atoms with van der Waals surface area (Å²) in [5.74, 6) is 1.24. The Labute approximate surface area is 123 Å². The molecule has 0 saturated carbocycles. The summed E-state index contributed by atoms with van der Waals surface area (Å²) in [4.78, 5) is 0. The van der Waals surface area contributed by atoms with E-state index in [2.05, 4.69) is 5.32 Å². The lowest BCUT2D eigenvalue weighted by atomic mass is 10.0. The standard InChI is InChI=1S/C17H18FNO2/c1-2-19-17(12-6-5-7-13(18)10-12)16-11-20-14-8-3-4-9-15(14)21-16/h3-10,16-17,19H,2,11H2,1H3. The van der Waals surface area contributed by atoms with E-state index in [0.717, 1.165) is 23.6 Å². The van der Waals surface area contributed by atoms with Gasteiger partial charge in [-0.25, -0.2) is 4.39 Å². The predicted octanol–water partition coefficient (Wildman–Crippen LogP) is 3.32. The minimum absolute atomic E-state index is 0.112. The van der Waals surface area contributed by atoms with E-state index in [9.17, 15) is 4.39 Å². The summed E-state index contributed by atoms with van der Waals surface area (Å²) in [5.41, 5.74) is 0.866. The Kier molecular flexibility index (Phi) is 4.06. The zero-order valence-electron chi connectivity index (χ0n) is 11.9. The number of benzene rings is 2. The molecule has 0 aromatic heterocycles. The Morgan fingerprint density at radius 3 is 2.76 bits per heavy atom. The molecule has 2 unspecified atom stereocenters. The zero-order chi connectivity index (χ0) is 14.7. The van der Waals surface area contributed by atoms with Crippen LogP contribution in [-0.2, 0) is 0 Å². The molecule has 1 aliphatic rings. The third kappa shape index (κ3) is 3.00. The molecular formula is C17H18FNO2. The summed E-state index contributed by atoms with van der Waals surface area (Å²) in [7, 11) is 0. The Hall–Kier alpha value is -2.07. The molecule has 1 aliphatic heterocycles. The molecule has 0 aliphatic carbocycles. The summed E-state index contributed by atoms with van der Waals surface area (Å²) in [6.07, 6.45) is -0.193. The van der Waals surface area contributed by atoms with E-state index in [0.29, 0.717) is 6.61 Å². The largest absolute Gasteiger partial charge is 0.486 e. The lowest BCUT2D eigenvalue weighted by Crippen LogP contribution is -2.41. The van der Waals surface area contributed by atoms with Crippen LogP contribution in [0.3, 0.4) is 0 Å². The van der Waals surface area contributed by atoms with Gasteiger partial charge < -0.3 is 14.8 Å². The molecule has 2 aromatic rings. The lowest BCUT2D eigenvalue weighted by Gasteiger charge is -2.32. The maximum Gasteiger partial charge on any atom is 0.161 e. The smallest absolute Gasteiger partial charge is 0.161 e. The Balaban J connectivity index is 1.85. The number of para-hydroxylation sites is 2. The first-order valence-electron chi connectivity index (χ1n) is 7.15. The number of nitrogens with one attached hydrogen (secondary N) is 1. The number of halogens is 1. The predicted molar refractivity (Wildman–Crippen MR) is 79.2 cm³/mol. The topological polar surface area (TPSA) is 30.5 Å². The molecule has 3 nitrogen and oxygen atoms in total. The fourth-order valence-electron chi connectivity index (χ4n) is 2.58. The van der Waals surface area contributed by atoms with E-state index in [1.54, 1.807) is 6.07 Å². The quantitative estimate of drug-likeness (QED) is 0.935. The number of fused-ring (bicyclic) bond motifs is 1. The molecule has 0 amide bonds. The van der Waals surface area contributed by atoms with Crippen LogP contribution in [0.1, 0.15) is 18.5 Å². The van der Waals surface area contributed by atoms with Crippen LogP contribution in [-0.4, -0.2) is 19.3 Å². The van der Waals surface area contributed by atoms with Gasteiger partial charge in [-0.2, -0.15) is 0 Å².